The van der Waals surface area contributed by atoms with Gasteiger partial charge in [-0.3, -0.25) is 4.79 Å². The number of esters is 1. The molecule has 1 heterocycles. The van der Waals surface area contributed by atoms with Crippen LogP contribution in [0.3, 0.4) is 0 Å². The van der Waals surface area contributed by atoms with E-state index in [9.17, 15) is 9.59 Å². The molecule has 0 saturated heterocycles. The third-order valence-electron chi connectivity index (χ3n) is 2.87. The van der Waals surface area contributed by atoms with Gasteiger partial charge in [0.25, 0.3) is 5.91 Å². The number of aromatic nitrogens is 1. The molecule has 0 bridgehead atoms. The first-order valence-electron chi connectivity index (χ1n) is 7.35. The second-order valence-corrected chi connectivity index (χ2v) is 6.17. The summed E-state index contributed by atoms with van der Waals surface area (Å²) in [6.45, 7) is 5.28. The molecule has 0 spiro atoms. The normalized spacial score (nSPS) is 11.6. The summed E-state index contributed by atoms with van der Waals surface area (Å²) in [6, 6.07) is 11.5. The Morgan fingerprint density at radius 1 is 1.17 bits per heavy atom. The highest BCUT2D eigenvalue weighted by Crippen LogP contribution is 2.12. The van der Waals surface area contributed by atoms with Crippen molar-refractivity contribution >= 4 is 28.9 Å². The lowest BCUT2D eigenvalue weighted by Gasteiger charge is -2.20. The molecule has 0 aliphatic heterocycles. The maximum absolute atomic E-state index is 11.6. The molecule has 2 rings (SSSR count). The zero-order valence-corrected chi connectivity index (χ0v) is 13.5. The van der Waals surface area contributed by atoms with Crippen molar-refractivity contribution < 1.29 is 14.3 Å². The van der Waals surface area contributed by atoms with Gasteiger partial charge < -0.3 is 10.1 Å². The van der Waals surface area contributed by atoms with Crippen molar-refractivity contribution in [2.75, 3.05) is 6.61 Å². The van der Waals surface area contributed by atoms with Crippen LogP contribution in [-0.2, 0) is 14.3 Å². The predicted octanol–water partition coefficient (Wildman–Crippen LogP) is 2.71. The van der Waals surface area contributed by atoms with Crippen LogP contribution in [0.4, 0.5) is 0 Å². The van der Waals surface area contributed by atoms with E-state index in [4.69, 9.17) is 4.74 Å². The van der Waals surface area contributed by atoms with Crippen LogP contribution in [-0.4, -0.2) is 29.0 Å². The Bertz CT molecular complexity index is 745. The lowest BCUT2D eigenvalue weighted by molar-refractivity contribution is -0.144. The van der Waals surface area contributed by atoms with Gasteiger partial charge in [-0.15, -0.1) is 0 Å². The van der Waals surface area contributed by atoms with Crippen molar-refractivity contribution in [3.63, 3.8) is 0 Å². The van der Waals surface area contributed by atoms with Crippen molar-refractivity contribution in [1.82, 2.24) is 10.3 Å². The summed E-state index contributed by atoms with van der Waals surface area (Å²) < 4.78 is 4.89. The minimum atomic E-state index is -0.580. The summed E-state index contributed by atoms with van der Waals surface area (Å²) in [7, 11) is 0. The molecule has 0 radical (unpaired) electrons. The molecule has 1 aromatic carbocycles. The Kier molecular flexibility index (Phi) is 5.11. The lowest BCUT2D eigenvalue weighted by atomic mass is 10.1. The minimum absolute atomic E-state index is 0.300. The molecule has 0 saturated carbocycles. The number of nitrogens with zero attached hydrogens (tertiary/aromatic N) is 1. The molecule has 0 aliphatic rings. The molecule has 1 amide bonds. The minimum Gasteiger partial charge on any atom is -0.452 e. The first-order valence-corrected chi connectivity index (χ1v) is 7.35. The Labute approximate surface area is 135 Å². The van der Waals surface area contributed by atoms with Crippen molar-refractivity contribution in [3.8, 4) is 0 Å². The highest BCUT2D eigenvalue weighted by molar-refractivity contribution is 5.89. The number of para-hydroxylation sites is 1. The van der Waals surface area contributed by atoms with E-state index in [1.54, 1.807) is 6.08 Å². The number of carbonyl (C=O) groups excluding carboxylic acids is 2. The van der Waals surface area contributed by atoms with Crippen LogP contribution >= 0.6 is 0 Å². The number of amides is 1. The van der Waals surface area contributed by atoms with Crippen LogP contribution in [0.2, 0.25) is 0 Å². The molecule has 0 atom stereocenters. The molecule has 2 aromatic rings. The first kappa shape index (κ1) is 16.7. The van der Waals surface area contributed by atoms with E-state index in [1.807, 2.05) is 57.2 Å². The average molecular weight is 312 g/mol. The van der Waals surface area contributed by atoms with E-state index < -0.39 is 5.97 Å². The number of pyridine rings is 1. The molecule has 23 heavy (non-hydrogen) atoms. The van der Waals surface area contributed by atoms with Crippen LogP contribution < -0.4 is 5.32 Å². The fraction of sp³-hybridized carbons (Fsp3) is 0.278. The number of hydrogen-bond donors (Lipinski definition) is 1. The summed E-state index contributed by atoms with van der Waals surface area (Å²) in [4.78, 5) is 27.6. The first-order chi connectivity index (χ1) is 10.8. The third kappa shape index (κ3) is 5.54. The van der Waals surface area contributed by atoms with Gasteiger partial charge in [-0.1, -0.05) is 24.3 Å². The van der Waals surface area contributed by atoms with Gasteiger partial charge in [0.05, 0.1) is 11.2 Å². The molecule has 0 unspecified atom stereocenters. The largest absolute Gasteiger partial charge is 0.452 e. The molecule has 1 aromatic heterocycles. The SMILES string of the molecule is CC(C)(C)NC(=O)COC(=O)/C=C/c1ccc2ccccc2n1. The lowest BCUT2D eigenvalue weighted by Crippen LogP contribution is -2.42. The summed E-state index contributed by atoms with van der Waals surface area (Å²) in [5, 5.41) is 3.75. The van der Waals surface area contributed by atoms with Gasteiger partial charge in [0.2, 0.25) is 0 Å². The van der Waals surface area contributed by atoms with Gasteiger partial charge in [0, 0.05) is 17.0 Å². The molecule has 0 fully saturated rings. The van der Waals surface area contributed by atoms with E-state index in [1.165, 1.54) is 6.08 Å². The fourth-order valence-corrected chi connectivity index (χ4v) is 1.97. The summed E-state index contributed by atoms with van der Waals surface area (Å²) in [5.41, 5.74) is 1.15. The number of carbonyl (C=O) groups is 2. The molecular weight excluding hydrogens is 292 g/mol. The number of ether oxygens (including phenoxy) is 1. The zero-order valence-electron chi connectivity index (χ0n) is 13.5. The summed E-state index contributed by atoms with van der Waals surface area (Å²) in [5.74, 6) is -0.910. The van der Waals surface area contributed by atoms with Gasteiger partial charge in [0.15, 0.2) is 6.61 Å². The molecule has 5 heteroatoms. The van der Waals surface area contributed by atoms with Crippen LogP contribution in [0, 0.1) is 0 Å². The number of rotatable bonds is 4. The van der Waals surface area contributed by atoms with Gasteiger partial charge >= 0.3 is 5.97 Å². The number of fused-ring (bicyclic) bond motifs is 1. The highest BCUT2D eigenvalue weighted by atomic mass is 16.5. The van der Waals surface area contributed by atoms with E-state index in [-0.39, 0.29) is 18.1 Å². The Hall–Kier alpha value is -2.69. The van der Waals surface area contributed by atoms with Gasteiger partial charge in [-0.25, -0.2) is 9.78 Å². The van der Waals surface area contributed by atoms with Crippen molar-refractivity contribution in [2.24, 2.45) is 0 Å². The van der Waals surface area contributed by atoms with E-state index >= 15 is 0 Å². The topological polar surface area (TPSA) is 68.3 Å². The number of hydrogen-bond acceptors (Lipinski definition) is 4. The molecular formula is C18H20N2O3. The maximum atomic E-state index is 11.6. The van der Waals surface area contributed by atoms with E-state index in [0.717, 1.165) is 10.9 Å². The Morgan fingerprint density at radius 3 is 2.65 bits per heavy atom. The van der Waals surface area contributed by atoms with E-state index in [0.29, 0.717) is 5.69 Å². The maximum Gasteiger partial charge on any atom is 0.331 e. The molecule has 0 aliphatic carbocycles. The quantitative estimate of drug-likeness (QED) is 0.696. The standard InChI is InChI=1S/C18H20N2O3/c1-18(2,3)20-16(21)12-23-17(22)11-10-14-9-8-13-6-4-5-7-15(13)19-14/h4-11H,12H2,1-3H3,(H,20,21)/b11-10+. The van der Waals surface area contributed by atoms with Gasteiger partial charge in [-0.2, -0.15) is 0 Å². The van der Waals surface area contributed by atoms with Gasteiger partial charge in [-0.05, 0) is 39.0 Å². The average Bonchev–Trinajstić information content (AvgIpc) is 2.49. The predicted molar refractivity (Wildman–Crippen MR) is 89.6 cm³/mol. The van der Waals surface area contributed by atoms with Crippen LogP contribution in [0.25, 0.3) is 17.0 Å². The smallest absolute Gasteiger partial charge is 0.331 e. The zero-order chi connectivity index (χ0) is 16.9. The second kappa shape index (κ2) is 7.05. The molecule has 5 nitrogen and oxygen atoms in total. The van der Waals surface area contributed by atoms with Crippen molar-refractivity contribution in [3.05, 3.63) is 48.2 Å². The summed E-state index contributed by atoms with van der Waals surface area (Å²) in [6.07, 6.45) is 2.83. The number of nitrogens with one attached hydrogen (secondary N) is 1. The monoisotopic (exact) mass is 312 g/mol. The molecule has 120 valence electrons. The Morgan fingerprint density at radius 2 is 1.91 bits per heavy atom. The second-order valence-electron chi connectivity index (χ2n) is 6.17. The van der Waals surface area contributed by atoms with E-state index in [2.05, 4.69) is 10.3 Å². The summed E-state index contributed by atoms with van der Waals surface area (Å²) >= 11 is 0. The van der Waals surface area contributed by atoms with Crippen molar-refractivity contribution in [2.45, 2.75) is 26.3 Å². The fourth-order valence-electron chi connectivity index (χ4n) is 1.97. The van der Waals surface area contributed by atoms with Gasteiger partial charge in [0.1, 0.15) is 0 Å². The van der Waals surface area contributed by atoms with Crippen LogP contribution in [0.1, 0.15) is 26.5 Å². The third-order valence-corrected chi connectivity index (χ3v) is 2.87. The highest BCUT2D eigenvalue weighted by Gasteiger charge is 2.14. The molecule has 1 N–H and O–H groups in total. The van der Waals surface area contributed by atoms with Crippen LogP contribution in [0.15, 0.2) is 42.5 Å². The number of benzene rings is 1. The Balaban J connectivity index is 1.91. The van der Waals surface area contributed by atoms with Crippen molar-refractivity contribution in [1.29, 1.82) is 0 Å². The van der Waals surface area contributed by atoms with Crippen LogP contribution in [0.5, 0.6) is 0 Å².